The predicted octanol–water partition coefficient (Wildman–Crippen LogP) is 2.21. The molecule has 0 aliphatic carbocycles. The Morgan fingerprint density at radius 1 is 1.03 bits per heavy atom. The highest BCUT2D eigenvalue weighted by Gasteiger charge is 2.21. The highest BCUT2D eigenvalue weighted by Crippen LogP contribution is 2.04. The second kappa shape index (κ2) is 11.1. The predicted molar refractivity (Wildman–Crippen MR) is 111 cm³/mol. The van der Waals surface area contributed by atoms with Crippen molar-refractivity contribution in [1.29, 1.82) is 0 Å². The maximum Gasteiger partial charge on any atom is 0.321 e. The van der Waals surface area contributed by atoms with Gasteiger partial charge < -0.3 is 10.1 Å². The van der Waals surface area contributed by atoms with E-state index < -0.39 is 34.5 Å². The summed E-state index contributed by atoms with van der Waals surface area (Å²) in [6.45, 7) is 1.45. The van der Waals surface area contributed by atoms with E-state index in [4.69, 9.17) is 4.74 Å². The SMILES string of the molecule is CCC(OC(=O)CNS(=O)(=O)/C=C/c1ccccc1)C(=O)NCc1ccccc1. The Labute approximate surface area is 170 Å². The molecule has 29 heavy (non-hydrogen) atoms. The first-order valence-electron chi connectivity index (χ1n) is 9.13. The van der Waals surface area contributed by atoms with E-state index in [1.165, 1.54) is 6.08 Å². The van der Waals surface area contributed by atoms with Gasteiger partial charge in [0.1, 0.15) is 6.54 Å². The van der Waals surface area contributed by atoms with Crippen LogP contribution in [0.5, 0.6) is 0 Å². The van der Waals surface area contributed by atoms with E-state index in [1.54, 1.807) is 31.2 Å². The average Bonchev–Trinajstić information content (AvgIpc) is 2.74. The van der Waals surface area contributed by atoms with Gasteiger partial charge >= 0.3 is 5.97 Å². The van der Waals surface area contributed by atoms with Gasteiger partial charge in [-0.05, 0) is 23.6 Å². The van der Waals surface area contributed by atoms with Crippen LogP contribution in [-0.4, -0.2) is 32.9 Å². The Kier molecular flexibility index (Phi) is 8.57. The molecule has 7 nitrogen and oxygen atoms in total. The summed E-state index contributed by atoms with van der Waals surface area (Å²) in [4.78, 5) is 24.2. The zero-order valence-corrected chi connectivity index (χ0v) is 16.9. The first-order chi connectivity index (χ1) is 13.9. The molecule has 0 heterocycles. The van der Waals surface area contributed by atoms with E-state index in [0.29, 0.717) is 12.1 Å². The molecule has 1 unspecified atom stereocenters. The molecule has 0 saturated heterocycles. The van der Waals surface area contributed by atoms with E-state index >= 15 is 0 Å². The number of amides is 1. The van der Waals surface area contributed by atoms with Gasteiger partial charge in [-0.3, -0.25) is 9.59 Å². The molecule has 0 aromatic heterocycles. The number of esters is 1. The summed E-state index contributed by atoms with van der Waals surface area (Å²) in [7, 11) is -3.82. The van der Waals surface area contributed by atoms with Crippen LogP contribution in [0.3, 0.4) is 0 Å². The fourth-order valence-corrected chi connectivity index (χ4v) is 3.11. The Morgan fingerprint density at radius 2 is 1.66 bits per heavy atom. The van der Waals surface area contributed by atoms with Crippen molar-refractivity contribution in [1.82, 2.24) is 10.0 Å². The zero-order chi connectivity index (χ0) is 21.1. The molecular weight excluding hydrogens is 392 g/mol. The van der Waals surface area contributed by atoms with Crippen LogP contribution in [0.15, 0.2) is 66.1 Å². The topological polar surface area (TPSA) is 102 Å². The van der Waals surface area contributed by atoms with E-state index in [2.05, 4.69) is 10.0 Å². The molecule has 154 valence electrons. The summed E-state index contributed by atoms with van der Waals surface area (Å²) in [5.74, 6) is -1.26. The fourth-order valence-electron chi connectivity index (χ4n) is 2.36. The molecule has 2 aromatic carbocycles. The Hall–Kier alpha value is -2.97. The summed E-state index contributed by atoms with van der Waals surface area (Å²) < 4.78 is 31.2. The summed E-state index contributed by atoms with van der Waals surface area (Å²) >= 11 is 0. The van der Waals surface area contributed by atoms with E-state index in [-0.39, 0.29) is 6.42 Å². The fraction of sp³-hybridized carbons (Fsp3) is 0.238. The molecule has 0 bridgehead atoms. The molecule has 2 rings (SSSR count). The van der Waals surface area contributed by atoms with Crippen LogP contribution in [0.25, 0.3) is 6.08 Å². The summed E-state index contributed by atoms with van der Waals surface area (Å²) in [5.41, 5.74) is 1.63. The van der Waals surface area contributed by atoms with Gasteiger partial charge in [0.25, 0.3) is 5.91 Å². The minimum Gasteiger partial charge on any atom is -0.451 e. The summed E-state index contributed by atoms with van der Waals surface area (Å²) in [6.07, 6.45) is 0.697. The van der Waals surface area contributed by atoms with Gasteiger partial charge in [-0.25, -0.2) is 13.1 Å². The number of carbonyl (C=O) groups is 2. The van der Waals surface area contributed by atoms with Gasteiger partial charge in [0, 0.05) is 12.0 Å². The van der Waals surface area contributed by atoms with Gasteiger partial charge in [-0.1, -0.05) is 67.6 Å². The van der Waals surface area contributed by atoms with Crippen molar-refractivity contribution in [3.8, 4) is 0 Å². The van der Waals surface area contributed by atoms with Crippen molar-refractivity contribution in [3.05, 3.63) is 77.2 Å². The summed E-state index contributed by atoms with van der Waals surface area (Å²) in [6, 6.07) is 18.2. The van der Waals surface area contributed by atoms with Gasteiger partial charge in [-0.15, -0.1) is 0 Å². The van der Waals surface area contributed by atoms with Crippen molar-refractivity contribution in [3.63, 3.8) is 0 Å². The highest BCUT2D eigenvalue weighted by atomic mass is 32.2. The van der Waals surface area contributed by atoms with Gasteiger partial charge in [-0.2, -0.15) is 0 Å². The maximum absolute atomic E-state index is 12.2. The smallest absolute Gasteiger partial charge is 0.321 e. The number of sulfonamides is 1. The molecule has 0 saturated carbocycles. The molecule has 0 radical (unpaired) electrons. The van der Waals surface area contributed by atoms with Crippen molar-refractivity contribution in [2.75, 3.05) is 6.54 Å². The quantitative estimate of drug-likeness (QED) is 0.578. The Balaban J connectivity index is 1.81. The van der Waals surface area contributed by atoms with Crippen LogP contribution in [0.2, 0.25) is 0 Å². The van der Waals surface area contributed by atoms with E-state index in [9.17, 15) is 18.0 Å². The standard InChI is InChI=1S/C21H24N2O5S/c1-2-19(21(25)22-15-18-11-7-4-8-12-18)28-20(24)16-23-29(26,27)14-13-17-9-5-3-6-10-17/h3-14,19,23H,2,15-16H2,1H3,(H,22,25)/b14-13+. The second-order valence-corrected chi connectivity index (χ2v) is 7.82. The lowest BCUT2D eigenvalue weighted by Crippen LogP contribution is -2.39. The monoisotopic (exact) mass is 416 g/mol. The molecule has 1 atom stereocenters. The molecule has 8 heteroatoms. The minimum absolute atomic E-state index is 0.271. The lowest BCUT2D eigenvalue weighted by atomic mass is 10.2. The largest absolute Gasteiger partial charge is 0.451 e. The van der Waals surface area contributed by atoms with Crippen molar-refractivity contribution >= 4 is 28.0 Å². The maximum atomic E-state index is 12.2. The molecule has 1 amide bonds. The number of rotatable bonds is 10. The number of benzene rings is 2. The molecule has 2 aromatic rings. The lowest BCUT2D eigenvalue weighted by molar-refractivity contribution is -0.155. The molecule has 0 spiro atoms. The van der Waals surface area contributed by atoms with Crippen molar-refractivity contribution in [2.45, 2.75) is 26.0 Å². The number of hydrogen-bond acceptors (Lipinski definition) is 5. The van der Waals surface area contributed by atoms with Crippen LogP contribution in [0, 0.1) is 0 Å². The summed E-state index contributed by atoms with van der Waals surface area (Å²) in [5, 5.41) is 3.67. The number of nitrogens with one attached hydrogen (secondary N) is 2. The highest BCUT2D eigenvalue weighted by molar-refractivity contribution is 7.92. The number of carbonyl (C=O) groups excluding carboxylic acids is 2. The van der Waals surface area contributed by atoms with Gasteiger partial charge in [0.2, 0.25) is 10.0 Å². The third kappa shape index (κ3) is 8.28. The molecule has 0 fully saturated rings. The number of ether oxygens (including phenoxy) is 1. The first-order valence-corrected chi connectivity index (χ1v) is 10.7. The zero-order valence-electron chi connectivity index (χ0n) is 16.1. The van der Waals surface area contributed by atoms with Crippen LogP contribution < -0.4 is 10.0 Å². The second-order valence-electron chi connectivity index (χ2n) is 6.17. The van der Waals surface area contributed by atoms with Gasteiger partial charge in [0.15, 0.2) is 6.10 Å². The average molecular weight is 416 g/mol. The minimum atomic E-state index is -3.82. The van der Waals surface area contributed by atoms with E-state index in [1.807, 2.05) is 36.4 Å². The van der Waals surface area contributed by atoms with Crippen molar-refractivity contribution < 1.29 is 22.7 Å². The van der Waals surface area contributed by atoms with Crippen LogP contribution in [0.1, 0.15) is 24.5 Å². The Morgan fingerprint density at radius 3 is 2.28 bits per heavy atom. The molecule has 0 aliphatic heterocycles. The molecular formula is C21H24N2O5S. The van der Waals surface area contributed by atoms with E-state index in [0.717, 1.165) is 11.0 Å². The van der Waals surface area contributed by atoms with Gasteiger partial charge in [0.05, 0.1) is 0 Å². The normalized spacial score (nSPS) is 12.4. The lowest BCUT2D eigenvalue weighted by Gasteiger charge is -2.16. The Bertz CT molecular complexity index is 928. The first kappa shape index (κ1) is 22.3. The molecule has 2 N–H and O–H groups in total. The number of hydrogen-bond donors (Lipinski definition) is 2. The van der Waals surface area contributed by atoms with Crippen LogP contribution >= 0.6 is 0 Å². The van der Waals surface area contributed by atoms with Crippen LogP contribution in [-0.2, 0) is 30.9 Å². The van der Waals surface area contributed by atoms with Crippen LogP contribution in [0.4, 0.5) is 0 Å². The van der Waals surface area contributed by atoms with Crippen molar-refractivity contribution in [2.24, 2.45) is 0 Å². The third-order valence-electron chi connectivity index (χ3n) is 3.90. The third-order valence-corrected chi connectivity index (χ3v) is 4.94. The molecule has 0 aliphatic rings.